The number of nitriles is 1. The van der Waals surface area contributed by atoms with Gasteiger partial charge in [-0.2, -0.15) is 9.57 Å². The van der Waals surface area contributed by atoms with Crippen LogP contribution >= 0.6 is 0 Å². The molecule has 1 aromatic rings. The number of benzene rings is 1. The van der Waals surface area contributed by atoms with Crippen molar-refractivity contribution in [3.05, 3.63) is 29.6 Å². The molecule has 102 valence electrons. The molecule has 0 radical (unpaired) electrons. The Kier molecular flexibility index (Phi) is 4.58. The summed E-state index contributed by atoms with van der Waals surface area (Å²) in [6.07, 6.45) is 0. The van der Waals surface area contributed by atoms with Crippen LogP contribution in [0.5, 0.6) is 0 Å². The summed E-state index contributed by atoms with van der Waals surface area (Å²) in [5.41, 5.74) is -0.382. The minimum Gasteiger partial charge on any atom is -0.468 e. The second kappa shape index (κ2) is 5.77. The van der Waals surface area contributed by atoms with E-state index in [0.717, 1.165) is 29.6 Å². The Labute approximate surface area is 110 Å². The lowest BCUT2D eigenvalue weighted by Gasteiger charge is -2.15. The average molecular weight is 286 g/mol. The van der Waals surface area contributed by atoms with Gasteiger partial charge in [0.1, 0.15) is 18.4 Å². The van der Waals surface area contributed by atoms with Gasteiger partial charge in [0, 0.05) is 7.05 Å². The lowest BCUT2D eigenvalue weighted by molar-refractivity contribution is -0.140. The molecular weight excluding hydrogens is 275 g/mol. The Morgan fingerprint density at radius 3 is 2.68 bits per heavy atom. The van der Waals surface area contributed by atoms with Crippen LogP contribution in [0.4, 0.5) is 4.39 Å². The van der Waals surface area contributed by atoms with E-state index in [1.165, 1.54) is 7.05 Å². The van der Waals surface area contributed by atoms with Gasteiger partial charge in [-0.15, -0.1) is 0 Å². The third-order valence-corrected chi connectivity index (χ3v) is 4.15. The highest BCUT2D eigenvalue weighted by molar-refractivity contribution is 7.89. The molecular formula is C11H11FN2O4S. The van der Waals surface area contributed by atoms with Crippen molar-refractivity contribution in [1.29, 1.82) is 5.26 Å². The van der Waals surface area contributed by atoms with Crippen molar-refractivity contribution in [3.63, 3.8) is 0 Å². The molecule has 8 heteroatoms. The van der Waals surface area contributed by atoms with Crippen LogP contribution in [0, 0.1) is 17.1 Å². The zero-order valence-electron chi connectivity index (χ0n) is 10.3. The molecule has 0 unspecified atom stereocenters. The van der Waals surface area contributed by atoms with Crippen molar-refractivity contribution in [2.75, 3.05) is 20.7 Å². The number of rotatable bonds is 4. The number of likely N-dealkylation sites (N-methyl/N-ethyl adjacent to an activating group) is 1. The van der Waals surface area contributed by atoms with Crippen molar-refractivity contribution in [2.24, 2.45) is 0 Å². The molecule has 0 amide bonds. The summed E-state index contributed by atoms with van der Waals surface area (Å²) in [6.45, 7) is -0.474. The molecule has 19 heavy (non-hydrogen) atoms. The van der Waals surface area contributed by atoms with E-state index >= 15 is 0 Å². The molecule has 1 rings (SSSR count). The van der Waals surface area contributed by atoms with Crippen LogP contribution < -0.4 is 0 Å². The fraction of sp³-hybridized carbons (Fsp3) is 0.273. The van der Waals surface area contributed by atoms with Gasteiger partial charge in [-0.3, -0.25) is 4.79 Å². The van der Waals surface area contributed by atoms with E-state index in [9.17, 15) is 17.6 Å². The van der Waals surface area contributed by atoms with Crippen LogP contribution in [0.25, 0.3) is 0 Å². The van der Waals surface area contributed by atoms with Crippen LogP contribution in [0.15, 0.2) is 23.1 Å². The van der Waals surface area contributed by atoms with E-state index in [1.807, 2.05) is 0 Å². The Balaban J connectivity index is 3.14. The number of carbonyl (C=O) groups excluding carboxylic acids is 1. The number of nitrogens with zero attached hydrogens (tertiary/aromatic N) is 2. The number of esters is 1. The molecule has 0 bridgehead atoms. The maximum Gasteiger partial charge on any atom is 0.321 e. The number of hydrogen-bond acceptors (Lipinski definition) is 5. The summed E-state index contributed by atoms with van der Waals surface area (Å²) in [5.74, 6) is -1.54. The highest BCUT2D eigenvalue weighted by atomic mass is 32.2. The average Bonchev–Trinajstić information content (AvgIpc) is 2.38. The van der Waals surface area contributed by atoms with Gasteiger partial charge in [0.2, 0.25) is 10.0 Å². The molecule has 0 aliphatic rings. The van der Waals surface area contributed by atoms with Crippen molar-refractivity contribution in [3.8, 4) is 6.07 Å². The monoisotopic (exact) mass is 286 g/mol. The quantitative estimate of drug-likeness (QED) is 0.752. The van der Waals surface area contributed by atoms with E-state index in [-0.39, 0.29) is 10.5 Å². The largest absolute Gasteiger partial charge is 0.468 e. The Morgan fingerprint density at radius 1 is 1.53 bits per heavy atom. The second-order valence-corrected chi connectivity index (χ2v) is 5.64. The van der Waals surface area contributed by atoms with Gasteiger partial charge in [-0.05, 0) is 18.2 Å². The van der Waals surface area contributed by atoms with Gasteiger partial charge in [-0.25, -0.2) is 12.8 Å². The third kappa shape index (κ3) is 3.27. The number of sulfonamides is 1. The van der Waals surface area contributed by atoms with Crippen LogP contribution in [0.3, 0.4) is 0 Å². The van der Waals surface area contributed by atoms with Crippen molar-refractivity contribution in [2.45, 2.75) is 4.90 Å². The summed E-state index contributed by atoms with van der Waals surface area (Å²) >= 11 is 0. The summed E-state index contributed by atoms with van der Waals surface area (Å²) in [4.78, 5) is 10.8. The molecule has 0 aliphatic carbocycles. The van der Waals surface area contributed by atoms with E-state index in [0.29, 0.717) is 0 Å². The topological polar surface area (TPSA) is 87.5 Å². The van der Waals surface area contributed by atoms with Gasteiger partial charge >= 0.3 is 5.97 Å². The van der Waals surface area contributed by atoms with E-state index in [2.05, 4.69) is 4.74 Å². The maximum absolute atomic E-state index is 13.1. The zero-order chi connectivity index (χ0) is 14.6. The van der Waals surface area contributed by atoms with Crippen LogP contribution in [0.2, 0.25) is 0 Å². The highest BCUT2D eigenvalue weighted by Crippen LogP contribution is 2.17. The number of hydrogen-bond donors (Lipinski definition) is 0. The zero-order valence-corrected chi connectivity index (χ0v) is 11.1. The summed E-state index contributed by atoms with van der Waals surface area (Å²) < 4.78 is 42.3. The Bertz CT molecular complexity index is 637. The fourth-order valence-electron chi connectivity index (χ4n) is 1.26. The van der Waals surface area contributed by atoms with Gasteiger partial charge in [-0.1, -0.05) is 0 Å². The molecule has 0 aliphatic heterocycles. The molecule has 0 atom stereocenters. The molecule has 0 fully saturated rings. The minimum absolute atomic E-state index is 0.267. The minimum atomic E-state index is -3.98. The van der Waals surface area contributed by atoms with E-state index in [1.54, 1.807) is 6.07 Å². The standard InChI is InChI=1S/C11H11FN2O4S/c1-14(7-11(15)18-2)19(16,17)9-3-4-10(12)8(5-9)6-13/h3-5H,7H2,1-2H3. The third-order valence-electron chi connectivity index (χ3n) is 2.35. The maximum atomic E-state index is 13.1. The molecule has 0 spiro atoms. The van der Waals surface area contributed by atoms with Crippen molar-refractivity contribution >= 4 is 16.0 Å². The normalized spacial score (nSPS) is 11.1. The lowest BCUT2D eigenvalue weighted by atomic mass is 10.2. The molecule has 0 saturated heterocycles. The molecule has 6 nitrogen and oxygen atoms in total. The van der Waals surface area contributed by atoms with Gasteiger partial charge in [0.15, 0.2) is 0 Å². The molecule has 0 saturated carbocycles. The van der Waals surface area contributed by atoms with E-state index in [4.69, 9.17) is 5.26 Å². The summed E-state index contributed by atoms with van der Waals surface area (Å²) in [5, 5.41) is 8.66. The second-order valence-electron chi connectivity index (χ2n) is 3.59. The number of carbonyl (C=O) groups is 1. The van der Waals surface area contributed by atoms with Crippen molar-refractivity contribution in [1.82, 2.24) is 4.31 Å². The van der Waals surface area contributed by atoms with Gasteiger partial charge in [0.05, 0.1) is 17.6 Å². The predicted octanol–water partition coefficient (Wildman–Crippen LogP) is 0.491. The molecule has 1 aromatic carbocycles. The van der Waals surface area contributed by atoms with Crippen LogP contribution in [0.1, 0.15) is 5.56 Å². The van der Waals surface area contributed by atoms with E-state index < -0.39 is 28.4 Å². The molecule has 0 heterocycles. The lowest BCUT2D eigenvalue weighted by Crippen LogP contribution is -2.32. The number of ether oxygens (including phenoxy) is 1. The van der Waals surface area contributed by atoms with Gasteiger partial charge in [0.25, 0.3) is 0 Å². The highest BCUT2D eigenvalue weighted by Gasteiger charge is 2.24. The predicted molar refractivity (Wildman–Crippen MR) is 62.9 cm³/mol. The summed E-state index contributed by atoms with van der Waals surface area (Å²) in [7, 11) is -1.66. The van der Waals surface area contributed by atoms with Gasteiger partial charge < -0.3 is 4.74 Å². The first-order valence-electron chi connectivity index (χ1n) is 5.05. The first-order valence-corrected chi connectivity index (χ1v) is 6.49. The smallest absolute Gasteiger partial charge is 0.321 e. The Morgan fingerprint density at radius 2 is 2.16 bits per heavy atom. The number of halogens is 1. The van der Waals surface area contributed by atoms with Crippen LogP contribution in [-0.2, 0) is 19.6 Å². The van der Waals surface area contributed by atoms with Crippen LogP contribution in [-0.4, -0.2) is 39.4 Å². The summed E-state index contributed by atoms with van der Waals surface area (Å²) in [6, 6.07) is 4.38. The first kappa shape index (κ1) is 15.1. The molecule has 0 aromatic heterocycles. The first-order chi connectivity index (χ1) is 8.82. The SMILES string of the molecule is COC(=O)CN(C)S(=O)(=O)c1ccc(F)c(C#N)c1. The number of methoxy groups -OCH3 is 1. The van der Waals surface area contributed by atoms with Crippen molar-refractivity contribution < 1.29 is 22.3 Å². The Hall–Kier alpha value is -1.98. The fourth-order valence-corrected chi connectivity index (χ4v) is 2.40. The molecule has 0 N–H and O–H groups in total.